The van der Waals surface area contributed by atoms with Crippen LogP contribution in [0, 0.1) is 5.82 Å². The fourth-order valence-corrected chi connectivity index (χ4v) is 6.54. The van der Waals surface area contributed by atoms with E-state index in [2.05, 4.69) is 34.4 Å². The number of alkyl halides is 4. The summed E-state index contributed by atoms with van der Waals surface area (Å²) in [7, 11) is 0. The molecule has 4 N–H and O–H groups in total. The number of nitrogens with zero attached hydrogens (tertiary/aromatic N) is 5. The highest BCUT2D eigenvalue weighted by Gasteiger charge is 2.41. The standard InChI is InChI=1S/C21H16F3N3O2.C20H16F2N4O2/c22-17-9-14(10-26-11-17)13-2-1-3-16(8-13)21(12-28-20(25)27-21)15-4-6-18(7-5-15)29-19(23)24;21-18(22)28-17-6-4-15(5-7-17)20(11-27-19(23)26-20)16-3-1-2-13(8-16)14-9-24-12-25-10-14/h1-11,19H,12H2,(H2,25,27);1-10,12,18H,11H2,(H2,23,26). The van der Waals surface area contributed by atoms with Gasteiger partial charge >= 0.3 is 13.2 Å². The Hall–Kier alpha value is -7.10. The van der Waals surface area contributed by atoms with Gasteiger partial charge in [0.15, 0.2) is 11.1 Å². The molecule has 2 atom stereocenters. The quantitative estimate of drug-likeness (QED) is 0.135. The number of ether oxygens (including phenoxy) is 4. The first-order valence-electron chi connectivity index (χ1n) is 17.2. The second kappa shape index (κ2) is 16.3. The Kier molecular flexibility index (Phi) is 10.9. The molecular formula is C41H32F5N7O4. The van der Waals surface area contributed by atoms with Gasteiger partial charge in [0.05, 0.1) is 6.20 Å². The first-order chi connectivity index (χ1) is 27.5. The average molecular weight is 782 g/mol. The van der Waals surface area contributed by atoms with Crippen LogP contribution in [0.3, 0.4) is 0 Å². The molecule has 16 heteroatoms. The molecule has 290 valence electrons. The topological polar surface area (TPSA) is 152 Å². The predicted octanol–water partition coefficient (Wildman–Crippen LogP) is 7.41. The van der Waals surface area contributed by atoms with E-state index < -0.39 is 30.1 Å². The zero-order valence-corrected chi connectivity index (χ0v) is 29.7. The van der Waals surface area contributed by atoms with Gasteiger partial charge in [-0.1, -0.05) is 60.7 Å². The lowest BCUT2D eigenvalue weighted by molar-refractivity contribution is -0.0505. The minimum atomic E-state index is -2.91. The number of rotatable bonds is 10. The van der Waals surface area contributed by atoms with Crippen molar-refractivity contribution in [2.75, 3.05) is 13.2 Å². The number of nitrogens with two attached hydrogens (primary N) is 2. The molecule has 0 amide bonds. The van der Waals surface area contributed by atoms with Crippen LogP contribution >= 0.6 is 0 Å². The van der Waals surface area contributed by atoms with Gasteiger partial charge in [0.25, 0.3) is 12.0 Å². The Morgan fingerprint density at radius 1 is 0.526 bits per heavy atom. The van der Waals surface area contributed by atoms with E-state index in [1.165, 1.54) is 36.7 Å². The van der Waals surface area contributed by atoms with Gasteiger partial charge in [-0.15, -0.1) is 0 Å². The lowest BCUT2D eigenvalue weighted by Gasteiger charge is -2.26. The molecule has 0 saturated carbocycles. The molecule has 4 heterocycles. The van der Waals surface area contributed by atoms with Gasteiger partial charge in [0.2, 0.25) is 0 Å². The van der Waals surface area contributed by atoms with Gasteiger partial charge in [-0.2, -0.15) is 17.6 Å². The summed E-state index contributed by atoms with van der Waals surface area (Å²) in [6, 6.07) is 29.0. The fraction of sp³-hybridized carbons (Fsp3) is 0.146. The van der Waals surface area contributed by atoms with Crippen molar-refractivity contribution in [2.45, 2.75) is 24.3 Å². The van der Waals surface area contributed by atoms with E-state index in [4.69, 9.17) is 20.9 Å². The lowest BCUT2D eigenvalue weighted by atomic mass is 9.83. The van der Waals surface area contributed by atoms with E-state index in [-0.39, 0.29) is 36.8 Å². The van der Waals surface area contributed by atoms with Crippen LogP contribution in [0.25, 0.3) is 22.3 Å². The van der Waals surface area contributed by atoms with Crippen molar-refractivity contribution in [3.8, 4) is 33.8 Å². The summed E-state index contributed by atoms with van der Waals surface area (Å²) in [6.07, 6.45) is 7.60. The summed E-state index contributed by atoms with van der Waals surface area (Å²) in [6.45, 7) is -5.45. The minimum Gasteiger partial charge on any atom is -0.462 e. The first kappa shape index (κ1) is 38.2. The number of pyridine rings is 1. The van der Waals surface area contributed by atoms with E-state index in [1.807, 2.05) is 48.5 Å². The van der Waals surface area contributed by atoms with Crippen LogP contribution in [-0.4, -0.2) is 53.4 Å². The maximum atomic E-state index is 13.6. The van der Waals surface area contributed by atoms with E-state index in [0.29, 0.717) is 11.1 Å². The third kappa shape index (κ3) is 8.44. The number of halogens is 5. The van der Waals surface area contributed by atoms with Crippen molar-refractivity contribution in [2.24, 2.45) is 21.5 Å². The highest BCUT2D eigenvalue weighted by Crippen LogP contribution is 2.41. The predicted molar refractivity (Wildman–Crippen MR) is 200 cm³/mol. The Bertz CT molecular complexity index is 2390. The summed E-state index contributed by atoms with van der Waals surface area (Å²) in [4.78, 5) is 21.0. The van der Waals surface area contributed by atoms with Gasteiger partial charge in [0.1, 0.15) is 36.9 Å². The highest BCUT2D eigenvalue weighted by atomic mass is 19.3. The number of aromatic nitrogens is 3. The molecule has 2 aliphatic rings. The van der Waals surface area contributed by atoms with Crippen LogP contribution in [0.5, 0.6) is 11.5 Å². The first-order valence-corrected chi connectivity index (χ1v) is 17.2. The second-order valence-electron chi connectivity index (χ2n) is 12.7. The molecule has 4 aromatic carbocycles. The fourth-order valence-electron chi connectivity index (χ4n) is 6.54. The molecule has 0 spiro atoms. The molecule has 8 rings (SSSR count). The highest BCUT2D eigenvalue weighted by molar-refractivity contribution is 5.76. The van der Waals surface area contributed by atoms with E-state index >= 15 is 0 Å². The van der Waals surface area contributed by atoms with Crippen molar-refractivity contribution in [1.82, 2.24) is 15.0 Å². The Labute approximate surface area is 322 Å². The van der Waals surface area contributed by atoms with Crippen LogP contribution in [0.4, 0.5) is 22.0 Å². The van der Waals surface area contributed by atoms with Crippen LogP contribution in [-0.2, 0) is 20.6 Å². The van der Waals surface area contributed by atoms with E-state index in [9.17, 15) is 22.0 Å². The molecule has 11 nitrogen and oxygen atoms in total. The summed E-state index contributed by atoms with van der Waals surface area (Å²) in [5.41, 5.74) is 15.9. The van der Waals surface area contributed by atoms with Crippen molar-refractivity contribution >= 4 is 12.0 Å². The number of benzene rings is 4. The number of hydrogen-bond donors (Lipinski definition) is 2. The van der Waals surface area contributed by atoms with Crippen LogP contribution in [0.1, 0.15) is 22.3 Å². The Balaban J connectivity index is 0.000000174. The molecule has 57 heavy (non-hydrogen) atoms. The SMILES string of the molecule is NC1=NC(c2ccc(OC(F)F)cc2)(c2cccc(-c3cncc(F)c3)c2)CO1.NC1=NC(c2ccc(OC(F)F)cc2)(c2cccc(-c3cncnc3)c2)CO1. The second-order valence-corrected chi connectivity index (χ2v) is 12.7. The maximum absolute atomic E-state index is 13.6. The van der Waals surface area contributed by atoms with Crippen LogP contribution in [0.2, 0.25) is 0 Å². The molecule has 0 bridgehead atoms. The van der Waals surface area contributed by atoms with E-state index in [0.717, 1.165) is 39.6 Å². The monoisotopic (exact) mass is 781 g/mol. The van der Waals surface area contributed by atoms with Gasteiger partial charge in [-0.25, -0.2) is 24.3 Å². The number of hydrogen-bond acceptors (Lipinski definition) is 11. The van der Waals surface area contributed by atoms with Gasteiger partial charge in [-0.3, -0.25) is 4.98 Å². The minimum absolute atomic E-state index is 0.0238. The van der Waals surface area contributed by atoms with Crippen molar-refractivity contribution in [3.05, 3.63) is 162 Å². The van der Waals surface area contributed by atoms with E-state index in [1.54, 1.807) is 42.9 Å². The third-order valence-corrected chi connectivity index (χ3v) is 9.19. The summed E-state index contributed by atoms with van der Waals surface area (Å²) in [5.74, 6) is -0.335. The van der Waals surface area contributed by atoms with Gasteiger partial charge in [-0.05, 0) is 75.8 Å². The molecule has 0 radical (unpaired) electrons. The average Bonchev–Trinajstić information content (AvgIpc) is 3.82. The zero-order chi connectivity index (χ0) is 40.0. The van der Waals surface area contributed by atoms with Gasteiger partial charge in [0, 0.05) is 29.7 Å². The molecule has 2 aromatic heterocycles. The van der Waals surface area contributed by atoms with Crippen molar-refractivity contribution in [3.63, 3.8) is 0 Å². The van der Waals surface area contributed by atoms with Gasteiger partial charge < -0.3 is 30.4 Å². The molecule has 0 fully saturated rings. The smallest absolute Gasteiger partial charge is 0.387 e. The Morgan fingerprint density at radius 3 is 1.40 bits per heavy atom. The summed E-state index contributed by atoms with van der Waals surface area (Å²) < 4.78 is 83.1. The summed E-state index contributed by atoms with van der Waals surface area (Å²) in [5, 5.41) is 0. The maximum Gasteiger partial charge on any atom is 0.387 e. The molecule has 6 aromatic rings. The molecule has 0 saturated heterocycles. The molecular weight excluding hydrogens is 749 g/mol. The Morgan fingerprint density at radius 2 is 0.982 bits per heavy atom. The molecule has 2 aliphatic heterocycles. The lowest BCUT2D eigenvalue weighted by Crippen LogP contribution is -2.27. The molecule has 0 aliphatic carbocycles. The number of amidine groups is 2. The van der Waals surface area contributed by atoms with Crippen LogP contribution < -0.4 is 20.9 Å². The number of aliphatic imine (C=N–C) groups is 2. The van der Waals surface area contributed by atoms with Crippen molar-refractivity contribution in [1.29, 1.82) is 0 Å². The summed E-state index contributed by atoms with van der Waals surface area (Å²) >= 11 is 0. The normalized spacial score (nSPS) is 18.5. The molecule has 2 unspecified atom stereocenters. The van der Waals surface area contributed by atoms with Crippen LogP contribution in [0.15, 0.2) is 144 Å². The third-order valence-electron chi connectivity index (χ3n) is 9.19. The zero-order valence-electron chi connectivity index (χ0n) is 29.7. The largest absolute Gasteiger partial charge is 0.462 e. The van der Waals surface area contributed by atoms with Crippen molar-refractivity contribution < 1.29 is 40.9 Å².